The number of dihydropyridines is 1. The SMILES string of the molecule is COc1ccc(Cl)cc1NC(=O)CSC1=C(C#N)C(c2ccccc2)C(C(=O)Nc2ccccc2)=C(C)N1. The van der Waals surface area contributed by atoms with Crippen LogP contribution in [0.4, 0.5) is 11.4 Å². The first-order chi connectivity index (χ1) is 18.4. The van der Waals surface area contributed by atoms with Gasteiger partial charge in [-0.1, -0.05) is 71.9 Å². The predicted octanol–water partition coefficient (Wildman–Crippen LogP) is 6.06. The molecule has 0 fully saturated rings. The molecule has 2 amide bonds. The third kappa shape index (κ3) is 6.20. The van der Waals surface area contributed by atoms with Gasteiger partial charge in [-0.3, -0.25) is 9.59 Å². The van der Waals surface area contributed by atoms with E-state index in [0.29, 0.717) is 44.0 Å². The second kappa shape index (κ2) is 12.4. The standard InChI is InChI=1S/C29H25ClN4O3S/c1-18-26(28(36)33-21-11-7-4-8-12-21)27(19-9-5-3-6-10-19)22(16-31)29(32-18)38-17-25(35)34-23-15-20(30)13-14-24(23)37-2/h3-15,27,32H,17H2,1-2H3,(H,33,36)(H,34,35). The Kier molecular flexibility index (Phi) is 8.74. The molecule has 3 N–H and O–H groups in total. The van der Waals surface area contributed by atoms with Crippen LogP contribution in [-0.4, -0.2) is 24.7 Å². The second-order valence-electron chi connectivity index (χ2n) is 8.36. The number of nitrogens with zero attached hydrogens (tertiary/aromatic N) is 1. The first kappa shape index (κ1) is 26.9. The Balaban J connectivity index is 1.60. The topological polar surface area (TPSA) is 103 Å². The molecular formula is C29H25ClN4O3S. The van der Waals surface area contributed by atoms with Crippen LogP contribution >= 0.6 is 23.4 Å². The lowest BCUT2D eigenvalue weighted by molar-refractivity contribution is -0.114. The Hall–Kier alpha value is -4.19. The number of nitrogens with one attached hydrogen (secondary N) is 3. The second-order valence-corrected chi connectivity index (χ2v) is 9.79. The highest BCUT2D eigenvalue weighted by Gasteiger charge is 2.34. The molecule has 0 aliphatic carbocycles. The van der Waals surface area contributed by atoms with Crippen LogP contribution in [0.25, 0.3) is 0 Å². The van der Waals surface area contributed by atoms with Crippen molar-refractivity contribution in [2.24, 2.45) is 0 Å². The summed E-state index contributed by atoms with van der Waals surface area (Å²) >= 11 is 7.26. The fourth-order valence-corrected chi connectivity index (χ4v) is 5.19. The third-order valence-corrected chi connectivity index (χ3v) is 7.09. The first-order valence-corrected chi connectivity index (χ1v) is 13.1. The van der Waals surface area contributed by atoms with Crippen molar-refractivity contribution in [3.05, 3.63) is 111 Å². The fourth-order valence-electron chi connectivity index (χ4n) is 4.13. The molecule has 1 aliphatic heterocycles. The average Bonchev–Trinajstić information content (AvgIpc) is 2.92. The number of thioether (sulfide) groups is 1. The number of hydrogen-bond donors (Lipinski definition) is 3. The minimum absolute atomic E-state index is 0.0174. The van der Waals surface area contributed by atoms with E-state index >= 15 is 0 Å². The van der Waals surface area contributed by atoms with E-state index in [-0.39, 0.29) is 17.6 Å². The van der Waals surface area contributed by atoms with E-state index in [1.165, 1.54) is 18.9 Å². The zero-order valence-corrected chi connectivity index (χ0v) is 22.3. The maximum Gasteiger partial charge on any atom is 0.254 e. The van der Waals surface area contributed by atoms with Gasteiger partial charge in [-0.2, -0.15) is 5.26 Å². The van der Waals surface area contributed by atoms with Crippen LogP contribution in [0.1, 0.15) is 18.4 Å². The molecule has 0 aromatic heterocycles. The van der Waals surface area contributed by atoms with Gasteiger partial charge < -0.3 is 20.7 Å². The van der Waals surface area contributed by atoms with Gasteiger partial charge >= 0.3 is 0 Å². The molecule has 1 unspecified atom stereocenters. The van der Waals surface area contributed by atoms with Crippen LogP contribution in [0.3, 0.4) is 0 Å². The number of methoxy groups -OCH3 is 1. The van der Waals surface area contributed by atoms with Gasteiger partial charge in [0.25, 0.3) is 5.91 Å². The van der Waals surface area contributed by atoms with Crippen LogP contribution in [0.2, 0.25) is 5.02 Å². The molecule has 0 spiro atoms. The lowest BCUT2D eigenvalue weighted by Crippen LogP contribution is -2.31. The molecule has 1 aliphatic rings. The van der Waals surface area contributed by atoms with Crippen molar-refractivity contribution in [1.29, 1.82) is 5.26 Å². The Labute approximate surface area is 230 Å². The molecule has 1 atom stereocenters. The van der Waals surface area contributed by atoms with E-state index in [4.69, 9.17) is 16.3 Å². The fraction of sp³-hybridized carbons (Fsp3) is 0.138. The number of nitriles is 1. The summed E-state index contributed by atoms with van der Waals surface area (Å²) in [7, 11) is 1.51. The van der Waals surface area contributed by atoms with Crippen molar-refractivity contribution in [1.82, 2.24) is 5.32 Å². The average molecular weight is 545 g/mol. The van der Waals surface area contributed by atoms with Crippen LogP contribution in [0.5, 0.6) is 5.75 Å². The lowest BCUT2D eigenvalue weighted by Gasteiger charge is -2.30. The van der Waals surface area contributed by atoms with Gasteiger partial charge in [0.05, 0.1) is 41.1 Å². The van der Waals surface area contributed by atoms with Crippen LogP contribution in [0.15, 0.2) is 101 Å². The molecule has 38 heavy (non-hydrogen) atoms. The molecule has 3 aromatic rings. The Morgan fingerprint density at radius 2 is 1.74 bits per heavy atom. The number of allylic oxidation sites excluding steroid dienone is 2. The summed E-state index contributed by atoms with van der Waals surface area (Å²) in [6.07, 6.45) is 0. The van der Waals surface area contributed by atoms with E-state index in [0.717, 1.165) is 5.56 Å². The zero-order valence-electron chi connectivity index (χ0n) is 20.7. The van der Waals surface area contributed by atoms with E-state index in [9.17, 15) is 14.9 Å². The molecule has 9 heteroatoms. The third-order valence-electron chi connectivity index (χ3n) is 5.84. The number of carbonyl (C=O) groups is 2. The summed E-state index contributed by atoms with van der Waals surface area (Å²) < 4.78 is 5.30. The van der Waals surface area contributed by atoms with E-state index < -0.39 is 5.92 Å². The Morgan fingerprint density at radius 1 is 1.05 bits per heavy atom. The van der Waals surface area contributed by atoms with Gasteiger partial charge in [0.2, 0.25) is 5.91 Å². The van der Waals surface area contributed by atoms with Gasteiger partial charge in [-0.05, 0) is 42.8 Å². The van der Waals surface area contributed by atoms with Crippen molar-refractivity contribution in [2.75, 3.05) is 23.5 Å². The molecule has 3 aromatic carbocycles. The number of rotatable bonds is 8. The number of ether oxygens (including phenoxy) is 1. The maximum atomic E-state index is 13.5. The van der Waals surface area contributed by atoms with Gasteiger partial charge in [0, 0.05) is 22.0 Å². The largest absolute Gasteiger partial charge is 0.495 e. The number of para-hydroxylation sites is 1. The number of hydrogen-bond acceptors (Lipinski definition) is 6. The molecule has 0 saturated heterocycles. The molecule has 0 radical (unpaired) electrons. The molecule has 4 rings (SSSR count). The summed E-state index contributed by atoms with van der Waals surface area (Å²) in [4.78, 5) is 26.3. The van der Waals surface area contributed by atoms with Crippen molar-refractivity contribution in [3.8, 4) is 11.8 Å². The van der Waals surface area contributed by atoms with Gasteiger partial charge in [-0.15, -0.1) is 0 Å². The number of amides is 2. The minimum Gasteiger partial charge on any atom is -0.495 e. The monoisotopic (exact) mass is 544 g/mol. The molecule has 192 valence electrons. The van der Waals surface area contributed by atoms with Crippen molar-refractivity contribution >= 4 is 46.6 Å². The number of anilines is 2. The highest BCUT2D eigenvalue weighted by atomic mass is 35.5. The van der Waals surface area contributed by atoms with Crippen LogP contribution in [0, 0.1) is 11.3 Å². The Bertz CT molecular complexity index is 1450. The first-order valence-electron chi connectivity index (χ1n) is 11.7. The summed E-state index contributed by atoms with van der Waals surface area (Å²) in [5, 5.41) is 20.1. The lowest BCUT2D eigenvalue weighted by atomic mass is 9.82. The summed E-state index contributed by atoms with van der Waals surface area (Å²) in [6, 6.07) is 25.8. The number of carbonyl (C=O) groups excluding carboxylic acids is 2. The quantitative estimate of drug-likeness (QED) is 0.319. The highest BCUT2D eigenvalue weighted by molar-refractivity contribution is 8.03. The summed E-state index contributed by atoms with van der Waals surface area (Å²) in [6.45, 7) is 1.79. The van der Waals surface area contributed by atoms with Gasteiger partial charge in [0.1, 0.15) is 5.75 Å². The zero-order chi connectivity index (χ0) is 27.1. The van der Waals surface area contributed by atoms with Crippen molar-refractivity contribution < 1.29 is 14.3 Å². The van der Waals surface area contributed by atoms with Crippen molar-refractivity contribution in [3.63, 3.8) is 0 Å². The minimum atomic E-state index is -0.607. The smallest absolute Gasteiger partial charge is 0.254 e. The summed E-state index contributed by atoms with van der Waals surface area (Å²) in [5.41, 5.74) is 3.31. The molecular weight excluding hydrogens is 520 g/mol. The molecule has 0 bridgehead atoms. The molecule has 0 saturated carbocycles. The van der Waals surface area contributed by atoms with Crippen molar-refractivity contribution in [2.45, 2.75) is 12.8 Å². The van der Waals surface area contributed by atoms with Gasteiger partial charge in [0.15, 0.2) is 0 Å². The van der Waals surface area contributed by atoms with E-state index in [1.54, 1.807) is 37.3 Å². The predicted molar refractivity (Wildman–Crippen MR) is 152 cm³/mol. The van der Waals surface area contributed by atoms with E-state index in [1.807, 2.05) is 48.5 Å². The Morgan fingerprint density at radius 3 is 2.39 bits per heavy atom. The maximum absolute atomic E-state index is 13.5. The molecule has 7 nitrogen and oxygen atoms in total. The van der Waals surface area contributed by atoms with Crippen LogP contribution < -0.4 is 20.7 Å². The normalized spacial score (nSPS) is 14.8. The number of benzene rings is 3. The summed E-state index contributed by atoms with van der Waals surface area (Å²) in [5.74, 6) is -0.712. The van der Waals surface area contributed by atoms with Gasteiger partial charge in [-0.25, -0.2) is 0 Å². The van der Waals surface area contributed by atoms with E-state index in [2.05, 4.69) is 22.0 Å². The molecule has 1 heterocycles. The number of halogens is 1. The highest BCUT2D eigenvalue weighted by Crippen LogP contribution is 2.41. The van der Waals surface area contributed by atoms with Crippen LogP contribution in [-0.2, 0) is 9.59 Å².